The van der Waals surface area contributed by atoms with E-state index in [2.05, 4.69) is 21.2 Å². The first-order valence-corrected chi connectivity index (χ1v) is 6.05. The molecule has 0 atom stereocenters. The van der Waals surface area contributed by atoms with Crippen molar-refractivity contribution in [2.24, 2.45) is 0 Å². The first-order valence-electron chi connectivity index (χ1n) is 4.87. The Balaban J connectivity index is 2.73. The maximum atomic E-state index is 11.4. The molecule has 16 heavy (non-hydrogen) atoms. The zero-order chi connectivity index (χ0) is 12.1. The molecular formula is C11H13BrClNO2. The van der Waals surface area contributed by atoms with Crippen molar-refractivity contribution in [3.05, 3.63) is 27.2 Å². The summed E-state index contributed by atoms with van der Waals surface area (Å²) in [5, 5.41) is 3.34. The van der Waals surface area contributed by atoms with Crippen molar-refractivity contribution in [2.75, 3.05) is 18.5 Å². The number of benzene rings is 1. The Labute approximate surface area is 108 Å². The van der Waals surface area contributed by atoms with Crippen LogP contribution >= 0.6 is 27.5 Å². The molecular weight excluding hydrogens is 293 g/mol. The molecule has 0 aliphatic carbocycles. The molecule has 0 aliphatic heterocycles. The molecule has 1 N–H and O–H groups in total. The summed E-state index contributed by atoms with van der Waals surface area (Å²) >= 11 is 9.33. The van der Waals surface area contributed by atoms with Gasteiger partial charge >= 0.3 is 0 Å². The van der Waals surface area contributed by atoms with Gasteiger partial charge in [-0.1, -0.05) is 11.6 Å². The molecule has 0 unspecified atom stereocenters. The third-order valence-electron chi connectivity index (χ3n) is 1.96. The Kier molecular flexibility index (Phi) is 5.25. The lowest BCUT2D eigenvalue weighted by atomic mass is 10.2. The summed E-state index contributed by atoms with van der Waals surface area (Å²) in [7, 11) is 0. The van der Waals surface area contributed by atoms with Crippen molar-refractivity contribution in [1.29, 1.82) is 0 Å². The maximum Gasteiger partial charge on any atom is 0.250 e. The normalized spacial score (nSPS) is 10.2. The highest BCUT2D eigenvalue weighted by atomic mass is 79.9. The number of hydrogen-bond donors (Lipinski definition) is 1. The summed E-state index contributed by atoms with van der Waals surface area (Å²) in [6.45, 7) is 4.31. The molecule has 0 spiro atoms. The lowest BCUT2D eigenvalue weighted by Gasteiger charge is -2.09. The van der Waals surface area contributed by atoms with Gasteiger partial charge in [-0.15, -0.1) is 0 Å². The number of amides is 1. The van der Waals surface area contributed by atoms with Crippen molar-refractivity contribution in [2.45, 2.75) is 13.8 Å². The molecule has 3 nitrogen and oxygen atoms in total. The topological polar surface area (TPSA) is 38.3 Å². The quantitative estimate of drug-likeness (QED) is 0.926. The van der Waals surface area contributed by atoms with E-state index >= 15 is 0 Å². The minimum absolute atomic E-state index is 0.0500. The second kappa shape index (κ2) is 6.23. The summed E-state index contributed by atoms with van der Waals surface area (Å²) in [4.78, 5) is 11.4. The van der Waals surface area contributed by atoms with Gasteiger partial charge in [0.1, 0.15) is 6.61 Å². The average molecular weight is 307 g/mol. The first kappa shape index (κ1) is 13.5. The van der Waals surface area contributed by atoms with Crippen LogP contribution in [0.15, 0.2) is 16.6 Å². The molecule has 0 saturated heterocycles. The van der Waals surface area contributed by atoms with Crippen LogP contribution in [-0.4, -0.2) is 19.1 Å². The van der Waals surface area contributed by atoms with Crippen LogP contribution in [0.1, 0.15) is 12.5 Å². The molecule has 5 heteroatoms. The molecule has 0 aliphatic rings. The first-order chi connectivity index (χ1) is 7.54. The predicted molar refractivity (Wildman–Crippen MR) is 69.0 cm³/mol. The predicted octanol–water partition coefficient (Wildman–Crippen LogP) is 3.39. The Morgan fingerprint density at radius 1 is 1.56 bits per heavy atom. The number of aryl methyl sites for hydroxylation is 1. The van der Waals surface area contributed by atoms with E-state index in [4.69, 9.17) is 16.3 Å². The van der Waals surface area contributed by atoms with E-state index in [0.29, 0.717) is 17.3 Å². The Morgan fingerprint density at radius 3 is 2.88 bits per heavy atom. The van der Waals surface area contributed by atoms with E-state index in [1.165, 1.54) is 0 Å². The molecule has 0 aromatic heterocycles. The SMILES string of the molecule is CCOCC(=O)Nc1cc(Cl)c(C)cc1Br. The van der Waals surface area contributed by atoms with Gasteiger partial charge < -0.3 is 10.1 Å². The number of nitrogens with one attached hydrogen (secondary N) is 1. The number of halogens is 2. The zero-order valence-electron chi connectivity index (χ0n) is 9.14. The Bertz CT molecular complexity index is 396. The van der Waals surface area contributed by atoms with Gasteiger partial charge in [-0.2, -0.15) is 0 Å². The summed E-state index contributed by atoms with van der Waals surface area (Å²) in [6, 6.07) is 3.57. The second-order valence-electron chi connectivity index (χ2n) is 3.27. The molecule has 88 valence electrons. The Hall–Kier alpha value is -0.580. The third-order valence-corrected chi connectivity index (χ3v) is 3.02. The van der Waals surface area contributed by atoms with Crippen molar-refractivity contribution in [3.63, 3.8) is 0 Å². The van der Waals surface area contributed by atoms with Crippen LogP contribution in [0.3, 0.4) is 0 Å². The minimum Gasteiger partial charge on any atom is -0.372 e. The van der Waals surface area contributed by atoms with Gasteiger partial charge in [-0.05, 0) is 47.5 Å². The van der Waals surface area contributed by atoms with E-state index in [-0.39, 0.29) is 12.5 Å². The fraction of sp³-hybridized carbons (Fsp3) is 0.364. The standard InChI is InChI=1S/C11H13BrClNO2/c1-3-16-6-11(15)14-10-5-9(13)7(2)4-8(10)12/h4-5H,3,6H2,1-2H3,(H,14,15). The van der Waals surface area contributed by atoms with Crippen LogP contribution in [0.25, 0.3) is 0 Å². The fourth-order valence-corrected chi connectivity index (χ4v) is 1.84. The lowest BCUT2D eigenvalue weighted by Crippen LogP contribution is -2.18. The van der Waals surface area contributed by atoms with E-state index in [1.807, 2.05) is 19.9 Å². The van der Waals surface area contributed by atoms with Crippen LogP contribution in [0.5, 0.6) is 0 Å². The van der Waals surface area contributed by atoms with Crippen LogP contribution < -0.4 is 5.32 Å². The summed E-state index contributed by atoms with van der Waals surface area (Å²) in [6.07, 6.45) is 0. The largest absolute Gasteiger partial charge is 0.372 e. The van der Waals surface area contributed by atoms with Crippen molar-refractivity contribution >= 4 is 39.1 Å². The van der Waals surface area contributed by atoms with E-state index < -0.39 is 0 Å². The molecule has 1 rings (SSSR count). The van der Waals surface area contributed by atoms with Crippen LogP contribution in [0.4, 0.5) is 5.69 Å². The highest BCUT2D eigenvalue weighted by Gasteiger charge is 2.07. The molecule has 0 heterocycles. The number of hydrogen-bond acceptors (Lipinski definition) is 2. The zero-order valence-corrected chi connectivity index (χ0v) is 11.5. The van der Waals surface area contributed by atoms with Gasteiger partial charge in [0.15, 0.2) is 0 Å². The third kappa shape index (κ3) is 3.77. The van der Waals surface area contributed by atoms with E-state index in [9.17, 15) is 4.79 Å². The highest BCUT2D eigenvalue weighted by Crippen LogP contribution is 2.28. The minimum atomic E-state index is -0.192. The highest BCUT2D eigenvalue weighted by molar-refractivity contribution is 9.10. The van der Waals surface area contributed by atoms with Crippen LogP contribution in [0, 0.1) is 6.92 Å². The van der Waals surface area contributed by atoms with Crippen molar-refractivity contribution in [3.8, 4) is 0 Å². The number of carbonyl (C=O) groups is 1. The maximum absolute atomic E-state index is 11.4. The lowest BCUT2D eigenvalue weighted by molar-refractivity contribution is -0.120. The molecule has 0 fully saturated rings. The summed E-state index contributed by atoms with van der Waals surface area (Å²) in [5.74, 6) is -0.192. The molecule has 1 aromatic rings. The molecule has 0 radical (unpaired) electrons. The van der Waals surface area contributed by atoms with Gasteiger partial charge in [-0.3, -0.25) is 4.79 Å². The van der Waals surface area contributed by atoms with Gasteiger partial charge in [0.25, 0.3) is 0 Å². The van der Waals surface area contributed by atoms with Gasteiger partial charge in [0.2, 0.25) is 5.91 Å². The van der Waals surface area contributed by atoms with Gasteiger partial charge in [0.05, 0.1) is 5.69 Å². The van der Waals surface area contributed by atoms with Crippen LogP contribution in [-0.2, 0) is 9.53 Å². The van der Waals surface area contributed by atoms with Gasteiger partial charge in [-0.25, -0.2) is 0 Å². The smallest absolute Gasteiger partial charge is 0.250 e. The number of anilines is 1. The second-order valence-corrected chi connectivity index (χ2v) is 4.53. The summed E-state index contributed by atoms with van der Waals surface area (Å²) in [5.41, 5.74) is 1.61. The number of rotatable bonds is 4. The number of carbonyl (C=O) groups excluding carboxylic acids is 1. The fourth-order valence-electron chi connectivity index (χ4n) is 1.12. The molecule has 0 saturated carbocycles. The van der Waals surface area contributed by atoms with Crippen LogP contribution in [0.2, 0.25) is 5.02 Å². The molecule has 1 aromatic carbocycles. The molecule has 0 bridgehead atoms. The van der Waals surface area contributed by atoms with Crippen molar-refractivity contribution in [1.82, 2.24) is 0 Å². The number of ether oxygens (including phenoxy) is 1. The van der Waals surface area contributed by atoms with E-state index in [1.54, 1.807) is 6.07 Å². The summed E-state index contributed by atoms with van der Waals surface area (Å²) < 4.78 is 5.81. The average Bonchev–Trinajstić information content (AvgIpc) is 2.23. The molecule has 1 amide bonds. The monoisotopic (exact) mass is 305 g/mol. The van der Waals surface area contributed by atoms with Gasteiger partial charge in [0, 0.05) is 16.1 Å². The van der Waals surface area contributed by atoms with E-state index in [0.717, 1.165) is 10.0 Å². The van der Waals surface area contributed by atoms with Crippen molar-refractivity contribution < 1.29 is 9.53 Å². The Morgan fingerprint density at radius 2 is 2.25 bits per heavy atom.